The van der Waals surface area contributed by atoms with E-state index in [1.165, 1.54) is 24.3 Å². The molecule has 0 saturated heterocycles. The lowest BCUT2D eigenvalue weighted by molar-refractivity contribution is -0.0383. The van der Waals surface area contributed by atoms with E-state index in [1.807, 2.05) is 0 Å². The third-order valence-electron chi connectivity index (χ3n) is 4.32. The van der Waals surface area contributed by atoms with Crippen molar-refractivity contribution in [1.82, 2.24) is 0 Å². The number of ketones is 1. The molecule has 19 heavy (non-hydrogen) atoms. The number of carbonyl (C=O) groups is 1. The molecule has 0 aliphatic heterocycles. The summed E-state index contributed by atoms with van der Waals surface area (Å²) in [6.45, 7) is 4.43. The largest absolute Gasteiger partial charge is 0.370 e. The topological polar surface area (TPSA) is 26.3 Å². The second kappa shape index (κ2) is 5.04. The Hall–Kier alpha value is -1.22. The van der Waals surface area contributed by atoms with E-state index in [2.05, 4.69) is 13.8 Å². The molecule has 0 spiro atoms. The van der Waals surface area contributed by atoms with Gasteiger partial charge in [0.2, 0.25) is 0 Å². The van der Waals surface area contributed by atoms with Crippen molar-refractivity contribution in [2.75, 3.05) is 7.11 Å². The van der Waals surface area contributed by atoms with E-state index in [0.717, 1.165) is 25.7 Å². The first-order valence-electron chi connectivity index (χ1n) is 6.74. The summed E-state index contributed by atoms with van der Waals surface area (Å²) in [5.41, 5.74) is 0.0706. The molecule has 0 amide bonds. The summed E-state index contributed by atoms with van der Waals surface area (Å²) >= 11 is 0. The molecule has 1 fully saturated rings. The molecular weight excluding hydrogens is 243 g/mol. The van der Waals surface area contributed by atoms with Gasteiger partial charge in [-0.3, -0.25) is 4.79 Å². The number of methoxy groups -OCH3 is 1. The van der Waals surface area contributed by atoms with Gasteiger partial charge in [-0.05, 0) is 55.4 Å². The molecule has 2 nitrogen and oxygen atoms in total. The fourth-order valence-electron chi connectivity index (χ4n) is 2.72. The zero-order valence-electron chi connectivity index (χ0n) is 11.8. The smallest absolute Gasteiger partial charge is 0.194 e. The summed E-state index contributed by atoms with van der Waals surface area (Å²) in [7, 11) is 1.60. The lowest BCUT2D eigenvalue weighted by atomic mass is 9.68. The highest BCUT2D eigenvalue weighted by molar-refractivity contribution is 6.02. The number of halogens is 1. The third kappa shape index (κ3) is 2.86. The van der Waals surface area contributed by atoms with E-state index in [1.54, 1.807) is 7.11 Å². The third-order valence-corrected chi connectivity index (χ3v) is 4.32. The van der Waals surface area contributed by atoms with E-state index >= 15 is 0 Å². The van der Waals surface area contributed by atoms with Gasteiger partial charge in [-0.2, -0.15) is 0 Å². The van der Waals surface area contributed by atoms with Crippen LogP contribution >= 0.6 is 0 Å². The second-order valence-electron chi connectivity index (χ2n) is 6.20. The maximum atomic E-state index is 12.9. The van der Waals surface area contributed by atoms with Gasteiger partial charge >= 0.3 is 0 Å². The van der Waals surface area contributed by atoms with Crippen LogP contribution in [0.2, 0.25) is 0 Å². The predicted molar refractivity (Wildman–Crippen MR) is 72.7 cm³/mol. The fraction of sp³-hybridized carbons (Fsp3) is 0.562. The van der Waals surface area contributed by atoms with Crippen LogP contribution in [-0.2, 0) is 4.74 Å². The molecule has 2 rings (SSSR count). The fourth-order valence-corrected chi connectivity index (χ4v) is 2.72. The molecule has 1 aromatic carbocycles. The number of ether oxygens (including phenoxy) is 1. The van der Waals surface area contributed by atoms with Gasteiger partial charge in [-0.25, -0.2) is 4.39 Å². The molecule has 1 aliphatic carbocycles. The van der Waals surface area contributed by atoms with Crippen LogP contribution in [0.5, 0.6) is 0 Å². The lowest BCUT2D eigenvalue weighted by Gasteiger charge is -2.41. The summed E-state index contributed by atoms with van der Waals surface area (Å²) < 4.78 is 18.5. The Morgan fingerprint density at radius 2 is 1.63 bits per heavy atom. The molecule has 0 unspecified atom stereocenters. The minimum atomic E-state index is -0.729. The van der Waals surface area contributed by atoms with Crippen LogP contribution in [0.3, 0.4) is 0 Å². The molecule has 0 N–H and O–H groups in total. The quantitative estimate of drug-likeness (QED) is 0.771. The van der Waals surface area contributed by atoms with E-state index in [4.69, 9.17) is 4.74 Å². The van der Waals surface area contributed by atoms with E-state index in [0.29, 0.717) is 5.56 Å². The summed E-state index contributed by atoms with van der Waals surface area (Å²) in [6, 6.07) is 5.73. The van der Waals surface area contributed by atoms with Crippen molar-refractivity contribution in [1.29, 1.82) is 0 Å². The Morgan fingerprint density at radius 1 is 1.11 bits per heavy atom. The van der Waals surface area contributed by atoms with Gasteiger partial charge in [0.1, 0.15) is 11.4 Å². The Bertz CT molecular complexity index is 452. The summed E-state index contributed by atoms with van der Waals surface area (Å²) in [5, 5.41) is 0. The van der Waals surface area contributed by atoms with Crippen LogP contribution in [0.15, 0.2) is 24.3 Å². The monoisotopic (exact) mass is 264 g/mol. The van der Waals surface area contributed by atoms with E-state index in [9.17, 15) is 9.18 Å². The van der Waals surface area contributed by atoms with E-state index in [-0.39, 0.29) is 17.0 Å². The lowest BCUT2D eigenvalue weighted by Crippen LogP contribution is -2.45. The van der Waals surface area contributed by atoms with Crippen molar-refractivity contribution in [2.24, 2.45) is 5.41 Å². The summed E-state index contributed by atoms with van der Waals surface area (Å²) in [4.78, 5) is 12.6. The molecule has 0 bridgehead atoms. The molecule has 1 aromatic rings. The molecule has 0 radical (unpaired) electrons. The zero-order chi connectivity index (χ0) is 14.1. The molecule has 1 saturated carbocycles. The highest BCUT2D eigenvalue weighted by atomic mass is 19.1. The minimum absolute atomic E-state index is 0.0227. The summed E-state index contributed by atoms with van der Waals surface area (Å²) in [6.07, 6.45) is 3.39. The number of carbonyl (C=O) groups excluding carboxylic acids is 1. The van der Waals surface area contributed by atoms with Crippen molar-refractivity contribution in [2.45, 2.75) is 45.1 Å². The molecule has 3 heteroatoms. The van der Waals surface area contributed by atoms with Gasteiger partial charge in [-0.15, -0.1) is 0 Å². The van der Waals surface area contributed by atoms with Crippen LogP contribution in [0.1, 0.15) is 49.9 Å². The molecule has 1 aliphatic rings. The number of hydrogen-bond acceptors (Lipinski definition) is 2. The Labute approximate surface area is 114 Å². The number of Topliss-reactive ketones (excluding diaryl/α,β-unsaturated/α-hetero) is 1. The normalized spacial score (nSPS) is 21.1. The maximum Gasteiger partial charge on any atom is 0.194 e. The van der Waals surface area contributed by atoms with Crippen molar-refractivity contribution in [3.05, 3.63) is 35.6 Å². The van der Waals surface area contributed by atoms with Crippen molar-refractivity contribution in [3.63, 3.8) is 0 Å². The van der Waals surface area contributed by atoms with Crippen molar-refractivity contribution < 1.29 is 13.9 Å². The Balaban J connectivity index is 2.22. The van der Waals surface area contributed by atoms with Crippen LogP contribution < -0.4 is 0 Å². The predicted octanol–water partition coefficient (Wildman–Crippen LogP) is 3.99. The molecular formula is C16H21FO2. The van der Waals surface area contributed by atoms with Crippen molar-refractivity contribution >= 4 is 5.78 Å². The average molecular weight is 264 g/mol. The van der Waals surface area contributed by atoms with Gasteiger partial charge in [-0.1, -0.05) is 13.8 Å². The highest BCUT2D eigenvalue weighted by Crippen LogP contribution is 2.43. The number of benzene rings is 1. The average Bonchev–Trinajstić information content (AvgIpc) is 2.40. The standard InChI is InChI=1S/C16H21FO2/c1-15(2)8-10-16(19-3,11-9-15)14(18)12-4-6-13(17)7-5-12/h4-7H,8-11H2,1-3H3. The van der Waals surface area contributed by atoms with Gasteiger partial charge < -0.3 is 4.74 Å². The maximum absolute atomic E-state index is 12.9. The SMILES string of the molecule is COC1(C(=O)c2ccc(F)cc2)CCC(C)(C)CC1. The van der Waals surface area contributed by atoms with Gasteiger partial charge in [0.05, 0.1) is 0 Å². The molecule has 0 aromatic heterocycles. The number of hydrogen-bond donors (Lipinski definition) is 0. The van der Waals surface area contributed by atoms with Crippen LogP contribution in [0.25, 0.3) is 0 Å². The highest BCUT2D eigenvalue weighted by Gasteiger charge is 2.44. The Kier molecular flexibility index (Phi) is 3.77. The van der Waals surface area contributed by atoms with Gasteiger partial charge in [0, 0.05) is 12.7 Å². The second-order valence-corrected chi connectivity index (χ2v) is 6.20. The number of rotatable bonds is 3. The molecule has 0 atom stereocenters. The summed E-state index contributed by atoms with van der Waals surface area (Å²) in [5.74, 6) is -0.349. The van der Waals surface area contributed by atoms with Crippen LogP contribution in [0.4, 0.5) is 4.39 Å². The minimum Gasteiger partial charge on any atom is -0.370 e. The van der Waals surface area contributed by atoms with Gasteiger partial charge in [0.25, 0.3) is 0 Å². The zero-order valence-corrected chi connectivity index (χ0v) is 11.8. The molecule has 0 heterocycles. The van der Waals surface area contributed by atoms with E-state index < -0.39 is 5.60 Å². The Morgan fingerprint density at radius 3 is 2.11 bits per heavy atom. The first-order valence-corrected chi connectivity index (χ1v) is 6.74. The van der Waals surface area contributed by atoms with Crippen LogP contribution in [-0.4, -0.2) is 18.5 Å². The van der Waals surface area contributed by atoms with Gasteiger partial charge in [0.15, 0.2) is 5.78 Å². The van der Waals surface area contributed by atoms with Crippen LogP contribution in [0, 0.1) is 11.2 Å². The first kappa shape index (κ1) is 14.2. The van der Waals surface area contributed by atoms with Crippen molar-refractivity contribution in [3.8, 4) is 0 Å². The first-order chi connectivity index (χ1) is 8.88. The molecule has 104 valence electrons.